The molecular formula is C13H19Cl2NO2. The topological polar surface area (TPSA) is 52.5 Å². The Morgan fingerprint density at radius 3 is 2.50 bits per heavy atom. The van der Waals surface area contributed by atoms with Gasteiger partial charge in [0.1, 0.15) is 0 Å². The van der Waals surface area contributed by atoms with Gasteiger partial charge in [-0.15, -0.1) is 0 Å². The minimum atomic E-state index is -0.746. The van der Waals surface area contributed by atoms with E-state index in [1.807, 2.05) is 13.8 Å². The summed E-state index contributed by atoms with van der Waals surface area (Å²) in [6.07, 6.45) is -0.746. The van der Waals surface area contributed by atoms with Crippen molar-refractivity contribution in [1.29, 1.82) is 0 Å². The zero-order valence-electron chi connectivity index (χ0n) is 10.5. The second kappa shape index (κ2) is 7.31. The molecule has 0 fully saturated rings. The van der Waals surface area contributed by atoms with E-state index in [1.165, 1.54) is 0 Å². The van der Waals surface area contributed by atoms with Gasteiger partial charge in [0.25, 0.3) is 0 Å². The first kappa shape index (κ1) is 15.7. The summed E-state index contributed by atoms with van der Waals surface area (Å²) >= 11 is 11.9. The average molecular weight is 292 g/mol. The fourth-order valence-electron chi connectivity index (χ4n) is 1.65. The Labute approximate surface area is 118 Å². The Bertz CT molecular complexity index is 385. The van der Waals surface area contributed by atoms with Crippen LogP contribution in [0.1, 0.15) is 25.5 Å². The van der Waals surface area contributed by atoms with Gasteiger partial charge in [0.2, 0.25) is 0 Å². The fraction of sp³-hybridized carbons (Fsp3) is 0.538. The van der Waals surface area contributed by atoms with Crippen LogP contribution < -0.4 is 5.32 Å². The second-order valence-electron chi connectivity index (χ2n) is 4.62. The molecule has 1 unspecified atom stereocenters. The molecule has 3 nitrogen and oxygen atoms in total. The molecule has 0 saturated heterocycles. The van der Waals surface area contributed by atoms with Crippen molar-refractivity contribution >= 4 is 23.2 Å². The Kier molecular flexibility index (Phi) is 6.39. The summed E-state index contributed by atoms with van der Waals surface area (Å²) in [5.74, 6) is 0.289. The first-order chi connectivity index (χ1) is 8.45. The molecule has 0 aliphatic carbocycles. The number of hydrogen-bond acceptors (Lipinski definition) is 3. The van der Waals surface area contributed by atoms with E-state index in [2.05, 4.69) is 5.32 Å². The molecule has 0 saturated carbocycles. The third-order valence-electron chi connectivity index (χ3n) is 2.89. The maximum atomic E-state index is 10.1. The third kappa shape index (κ3) is 4.41. The number of rotatable bonds is 6. The van der Waals surface area contributed by atoms with E-state index in [0.717, 1.165) is 0 Å². The van der Waals surface area contributed by atoms with Gasteiger partial charge in [-0.05, 0) is 24.1 Å². The van der Waals surface area contributed by atoms with Crippen LogP contribution in [0.15, 0.2) is 18.2 Å². The van der Waals surface area contributed by atoms with Gasteiger partial charge >= 0.3 is 0 Å². The van der Waals surface area contributed by atoms with Crippen molar-refractivity contribution in [2.45, 2.75) is 26.0 Å². The zero-order chi connectivity index (χ0) is 13.7. The van der Waals surface area contributed by atoms with E-state index < -0.39 is 6.10 Å². The molecule has 1 aromatic carbocycles. The van der Waals surface area contributed by atoms with E-state index in [4.69, 9.17) is 23.2 Å². The molecule has 0 spiro atoms. The summed E-state index contributed by atoms with van der Waals surface area (Å²) < 4.78 is 0. The summed E-state index contributed by atoms with van der Waals surface area (Å²) in [4.78, 5) is 0. The third-order valence-corrected chi connectivity index (χ3v) is 3.47. The van der Waals surface area contributed by atoms with Crippen molar-refractivity contribution in [3.05, 3.63) is 33.8 Å². The minimum absolute atomic E-state index is 0.0354. The van der Waals surface area contributed by atoms with Crippen molar-refractivity contribution in [3.63, 3.8) is 0 Å². The first-order valence-electron chi connectivity index (χ1n) is 5.93. The van der Waals surface area contributed by atoms with Gasteiger partial charge in [-0.1, -0.05) is 37.0 Å². The first-order valence-corrected chi connectivity index (χ1v) is 6.68. The molecule has 0 heterocycles. The van der Waals surface area contributed by atoms with Crippen molar-refractivity contribution in [1.82, 2.24) is 5.32 Å². The predicted molar refractivity (Wildman–Crippen MR) is 75.1 cm³/mol. The Hall–Kier alpha value is -0.320. The van der Waals surface area contributed by atoms with Crippen LogP contribution in [0.2, 0.25) is 10.0 Å². The lowest BCUT2D eigenvalue weighted by Crippen LogP contribution is -2.39. The highest BCUT2D eigenvalue weighted by atomic mass is 35.5. The smallest absolute Gasteiger partial charge is 0.0929 e. The largest absolute Gasteiger partial charge is 0.395 e. The SMILES string of the molecule is CC(C)[C@@H](CO)NCC(O)c1cc(Cl)ccc1Cl. The van der Waals surface area contributed by atoms with Crippen LogP contribution in [0.3, 0.4) is 0 Å². The number of halogens is 2. The van der Waals surface area contributed by atoms with Crippen LogP contribution in [0, 0.1) is 5.92 Å². The summed E-state index contributed by atoms with van der Waals surface area (Å²) in [5, 5.41) is 23.4. The van der Waals surface area contributed by atoms with Crippen molar-refractivity contribution in [2.75, 3.05) is 13.2 Å². The number of hydrogen-bond donors (Lipinski definition) is 3. The molecule has 0 aliphatic heterocycles. The van der Waals surface area contributed by atoms with E-state index in [-0.39, 0.29) is 18.6 Å². The lowest BCUT2D eigenvalue weighted by Gasteiger charge is -2.22. The van der Waals surface area contributed by atoms with Crippen LogP contribution in [0.4, 0.5) is 0 Å². The molecule has 3 N–H and O–H groups in total. The van der Waals surface area contributed by atoms with Crippen molar-refractivity contribution in [3.8, 4) is 0 Å². The lowest BCUT2D eigenvalue weighted by atomic mass is 10.0. The highest BCUT2D eigenvalue weighted by Gasteiger charge is 2.16. The van der Waals surface area contributed by atoms with E-state index in [0.29, 0.717) is 22.2 Å². The van der Waals surface area contributed by atoms with Crippen LogP contribution in [0.5, 0.6) is 0 Å². The summed E-state index contributed by atoms with van der Waals surface area (Å²) in [5.41, 5.74) is 0.595. The van der Waals surface area contributed by atoms with Gasteiger partial charge < -0.3 is 15.5 Å². The normalized spacial score (nSPS) is 14.8. The maximum absolute atomic E-state index is 10.1. The summed E-state index contributed by atoms with van der Waals surface area (Å²) in [6.45, 7) is 4.37. The Morgan fingerprint density at radius 2 is 1.94 bits per heavy atom. The van der Waals surface area contributed by atoms with E-state index in [9.17, 15) is 10.2 Å². The van der Waals surface area contributed by atoms with Crippen molar-refractivity contribution in [2.24, 2.45) is 5.92 Å². The number of nitrogens with one attached hydrogen (secondary N) is 1. The highest BCUT2D eigenvalue weighted by molar-refractivity contribution is 6.33. The molecule has 0 aromatic heterocycles. The molecule has 1 aromatic rings. The zero-order valence-corrected chi connectivity index (χ0v) is 12.0. The van der Waals surface area contributed by atoms with Crippen LogP contribution >= 0.6 is 23.2 Å². The molecular weight excluding hydrogens is 273 g/mol. The second-order valence-corrected chi connectivity index (χ2v) is 5.47. The molecule has 0 radical (unpaired) electrons. The molecule has 102 valence electrons. The van der Waals surface area contributed by atoms with Gasteiger partial charge in [-0.2, -0.15) is 0 Å². The van der Waals surface area contributed by atoms with Gasteiger partial charge in [0, 0.05) is 28.2 Å². The van der Waals surface area contributed by atoms with Gasteiger partial charge in [0.15, 0.2) is 0 Å². The highest BCUT2D eigenvalue weighted by Crippen LogP contribution is 2.26. The molecule has 2 atom stereocenters. The van der Waals surface area contributed by atoms with Crippen LogP contribution in [0.25, 0.3) is 0 Å². The number of aliphatic hydroxyl groups excluding tert-OH is 2. The van der Waals surface area contributed by atoms with Gasteiger partial charge in [0.05, 0.1) is 12.7 Å². The Morgan fingerprint density at radius 1 is 1.28 bits per heavy atom. The standard InChI is InChI=1S/C13H19Cl2NO2/c1-8(2)12(7-17)16-6-13(18)10-5-9(14)3-4-11(10)15/h3-5,8,12-13,16-18H,6-7H2,1-2H3/t12-,13?/m1/s1. The number of aliphatic hydroxyl groups is 2. The molecule has 18 heavy (non-hydrogen) atoms. The molecule has 1 rings (SSSR count). The van der Waals surface area contributed by atoms with Gasteiger partial charge in [-0.25, -0.2) is 0 Å². The predicted octanol–water partition coefficient (Wildman–Crippen LogP) is 2.63. The Balaban J connectivity index is 2.65. The molecule has 0 aliphatic rings. The number of benzene rings is 1. The monoisotopic (exact) mass is 291 g/mol. The minimum Gasteiger partial charge on any atom is -0.395 e. The van der Waals surface area contributed by atoms with Crippen LogP contribution in [-0.4, -0.2) is 29.4 Å². The fourth-order valence-corrected chi connectivity index (χ4v) is 2.08. The lowest BCUT2D eigenvalue weighted by molar-refractivity contribution is 0.148. The maximum Gasteiger partial charge on any atom is 0.0929 e. The summed E-state index contributed by atoms with van der Waals surface area (Å²) in [7, 11) is 0. The quantitative estimate of drug-likeness (QED) is 0.755. The van der Waals surface area contributed by atoms with Crippen LogP contribution in [-0.2, 0) is 0 Å². The molecule has 0 amide bonds. The van der Waals surface area contributed by atoms with E-state index in [1.54, 1.807) is 18.2 Å². The molecule has 5 heteroatoms. The average Bonchev–Trinajstić information content (AvgIpc) is 2.32. The van der Waals surface area contributed by atoms with E-state index >= 15 is 0 Å². The molecule has 0 bridgehead atoms. The van der Waals surface area contributed by atoms with Gasteiger partial charge in [-0.3, -0.25) is 0 Å². The van der Waals surface area contributed by atoms with Crippen molar-refractivity contribution < 1.29 is 10.2 Å². The summed E-state index contributed by atoms with van der Waals surface area (Å²) in [6, 6.07) is 4.95.